The zero-order chi connectivity index (χ0) is 7.28. The Morgan fingerprint density at radius 1 is 1.78 bits per heavy atom. The Hall–Kier alpha value is -0.665. The predicted molar refractivity (Wildman–Crippen MR) is 35.4 cm³/mol. The van der Waals surface area contributed by atoms with Crippen molar-refractivity contribution >= 4 is 13.9 Å². The van der Waals surface area contributed by atoms with Gasteiger partial charge in [-0.15, -0.1) is 0 Å². The van der Waals surface area contributed by atoms with Crippen LogP contribution >= 0.6 is 0 Å². The molecule has 9 heavy (non-hydrogen) atoms. The molecule has 0 rings (SSSR count). The summed E-state index contributed by atoms with van der Waals surface area (Å²) in [6, 6.07) is 0. The predicted octanol–water partition coefficient (Wildman–Crippen LogP) is 0.247. The Bertz CT molecular complexity index is 95.0. The molecule has 3 nitrogen and oxygen atoms in total. The molecule has 0 saturated carbocycles. The average molecular weight is 127 g/mol. The molecule has 0 aliphatic carbocycles. The van der Waals surface area contributed by atoms with E-state index in [4.69, 9.17) is 7.85 Å². The number of hydrogen-bond donors (Lipinski definition) is 1. The first-order valence-electron chi connectivity index (χ1n) is 2.81. The van der Waals surface area contributed by atoms with Gasteiger partial charge in [0.1, 0.15) is 0 Å². The van der Waals surface area contributed by atoms with Gasteiger partial charge in [0.15, 0.2) is 0 Å². The number of carbonyl (C=O) groups excluding carboxylic acids is 1. The number of amides is 1. The van der Waals surface area contributed by atoms with Gasteiger partial charge in [-0.1, -0.05) is 0 Å². The van der Waals surface area contributed by atoms with E-state index in [2.05, 4.69) is 10.1 Å². The Kier molecular flexibility index (Phi) is 3.92. The zero-order valence-corrected chi connectivity index (χ0v) is 5.68. The first-order valence-corrected chi connectivity index (χ1v) is 2.81. The highest BCUT2D eigenvalue weighted by atomic mass is 16.6. The number of nitrogens with one attached hydrogen (secondary N) is 1. The third-order valence-electron chi connectivity index (χ3n) is 0.589. The number of rotatable bonds is 2. The molecular formula is C5H10BNO2. The van der Waals surface area contributed by atoms with Gasteiger partial charge in [-0.05, 0) is 20.3 Å². The first-order chi connectivity index (χ1) is 4.16. The molecule has 0 atom stereocenters. The molecular weight excluding hydrogens is 117 g/mol. The third kappa shape index (κ3) is 5.20. The van der Waals surface area contributed by atoms with Crippen LogP contribution in [0.2, 0.25) is 0 Å². The topological polar surface area (TPSA) is 38.3 Å². The summed E-state index contributed by atoms with van der Waals surface area (Å²) >= 11 is 0. The normalized spacial score (nSPS) is 9.22. The largest absolute Gasteiger partial charge is 0.447 e. The molecule has 1 N–H and O–H groups in total. The number of hydrogen-bond acceptors (Lipinski definition) is 2. The maximum absolute atomic E-state index is 10.4. The molecule has 0 aromatic carbocycles. The standard InChI is InChI=1S/C5H10BNO2/c1-4(2)9-5(8)7-3-6/h4H,3H2,1-2H3,(H,7,8). The molecule has 0 unspecified atom stereocenters. The van der Waals surface area contributed by atoms with E-state index in [-0.39, 0.29) is 12.5 Å². The van der Waals surface area contributed by atoms with E-state index in [1.54, 1.807) is 13.8 Å². The van der Waals surface area contributed by atoms with E-state index in [1.165, 1.54) is 0 Å². The van der Waals surface area contributed by atoms with Gasteiger partial charge in [-0.3, -0.25) is 0 Å². The minimum absolute atomic E-state index is 0.0865. The number of alkyl carbamates (subject to hydrolysis) is 1. The summed E-state index contributed by atoms with van der Waals surface area (Å²) < 4.78 is 4.66. The summed E-state index contributed by atoms with van der Waals surface area (Å²) in [6.45, 7) is 3.55. The van der Waals surface area contributed by atoms with Crippen LogP contribution in [-0.2, 0) is 4.74 Å². The molecule has 0 spiro atoms. The monoisotopic (exact) mass is 127 g/mol. The summed E-state index contributed by atoms with van der Waals surface area (Å²) in [6.07, 6.45) is -0.435. The fourth-order valence-corrected chi connectivity index (χ4v) is 0.339. The summed E-state index contributed by atoms with van der Waals surface area (Å²) in [5.41, 5.74) is 0. The van der Waals surface area contributed by atoms with E-state index in [9.17, 15) is 4.79 Å². The van der Waals surface area contributed by atoms with Crippen LogP contribution in [0.4, 0.5) is 4.79 Å². The Labute approximate surface area is 56.2 Å². The van der Waals surface area contributed by atoms with Crippen LogP contribution in [0.3, 0.4) is 0 Å². The molecule has 0 bridgehead atoms. The Balaban J connectivity index is 3.27. The number of ether oxygens (including phenoxy) is 1. The summed E-state index contributed by atoms with van der Waals surface area (Å²) in [4.78, 5) is 10.4. The van der Waals surface area contributed by atoms with E-state index in [0.717, 1.165) is 0 Å². The van der Waals surface area contributed by atoms with Crippen molar-refractivity contribution in [3.63, 3.8) is 0 Å². The second-order valence-electron chi connectivity index (χ2n) is 1.83. The van der Waals surface area contributed by atoms with Crippen molar-refractivity contribution in [3.05, 3.63) is 0 Å². The van der Waals surface area contributed by atoms with Gasteiger partial charge in [0.2, 0.25) is 0 Å². The van der Waals surface area contributed by atoms with Gasteiger partial charge in [-0.25, -0.2) is 4.79 Å². The van der Waals surface area contributed by atoms with Crippen LogP contribution in [-0.4, -0.2) is 26.5 Å². The van der Waals surface area contributed by atoms with Gasteiger partial charge in [0, 0.05) is 0 Å². The van der Waals surface area contributed by atoms with Crippen molar-refractivity contribution < 1.29 is 9.53 Å². The van der Waals surface area contributed by atoms with Gasteiger partial charge >= 0.3 is 6.09 Å². The molecule has 0 saturated heterocycles. The fourth-order valence-electron chi connectivity index (χ4n) is 0.339. The molecule has 4 heteroatoms. The van der Waals surface area contributed by atoms with E-state index >= 15 is 0 Å². The molecule has 50 valence electrons. The van der Waals surface area contributed by atoms with Crippen LogP contribution in [0.15, 0.2) is 0 Å². The van der Waals surface area contributed by atoms with E-state index in [0.29, 0.717) is 0 Å². The minimum Gasteiger partial charge on any atom is -0.447 e. The molecule has 0 fully saturated rings. The van der Waals surface area contributed by atoms with Crippen LogP contribution in [0.25, 0.3) is 0 Å². The molecule has 0 aromatic heterocycles. The fraction of sp³-hybridized carbons (Fsp3) is 0.800. The van der Waals surface area contributed by atoms with Crippen molar-refractivity contribution in [1.29, 1.82) is 0 Å². The van der Waals surface area contributed by atoms with Gasteiger partial charge < -0.3 is 10.1 Å². The average Bonchev–Trinajstić information content (AvgIpc) is 1.63. The lowest BCUT2D eigenvalue weighted by Crippen LogP contribution is -2.27. The lowest BCUT2D eigenvalue weighted by molar-refractivity contribution is 0.117. The molecule has 2 radical (unpaired) electrons. The lowest BCUT2D eigenvalue weighted by Gasteiger charge is -2.06. The SMILES string of the molecule is [B]CNC(=O)OC(C)C. The summed E-state index contributed by atoms with van der Waals surface area (Å²) in [5, 5.41) is 2.29. The molecule has 1 amide bonds. The summed E-state index contributed by atoms with van der Waals surface area (Å²) in [5.74, 6) is 0. The van der Waals surface area contributed by atoms with Crippen molar-refractivity contribution in [2.24, 2.45) is 0 Å². The zero-order valence-electron chi connectivity index (χ0n) is 5.68. The lowest BCUT2D eigenvalue weighted by atomic mass is 10.2. The maximum atomic E-state index is 10.4. The summed E-state index contributed by atoms with van der Waals surface area (Å²) in [7, 11) is 4.99. The smallest absolute Gasteiger partial charge is 0.406 e. The Morgan fingerprint density at radius 3 is 2.67 bits per heavy atom. The minimum atomic E-state index is -0.465. The Morgan fingerprint density at radius 2 is 2.33 bits per heavy atom. The van der Waals surface area contributed by atoms with Crippen molar-refractivity contribution in [2.75, 3.05) is 6.44 Å². The molecule has 0 aromatic rings. The van der Waals surface area contributed by atoms with Crippen molar-refractivity contribution in [2.45, 2.75) is 20.0 Å². The van der Waals surface area contributed by atoms with Crippen molar-refractivity contribution in [1.82, 2.24) is 5.32 Å². The maximum Gasteiger partial charge on any atom is 0.406 e. The van der Waals surface area contributed by atoms with Crippen molar-refractivity contribution in [3.8, 4) is 0 Å². The molecule has 0 aliphatic rings. The second kappa shape index (κ2) is 4.24. The van der Waals surface area contributed by atoms with Crippen LogP contribution in [0.1, 0.15) is 13.8 Å². The quantitative estimate of drug-likeness (QED) is 0.539. The van der Waals surface area contributed by atoms with Gasteiger partial charge in [0.05, 0.1) is 14.0 Å². The van der Waals surface area contributed by atoms with E-state index in [1.807, 2.05) is 0 Å². The third-order valence-corrected chi connectivity index (χ3v) is 0.589. The highest BCUT2D eigenvalue weighted by Gasteiger charge is 2.00. The molecule has 0 heterocycles. The highest BCUT2D eigenvalue weighted by molar-refractivity contribution is 6.09. The van der Waals surface area contributed by atoms with Crippen LogP contribution in [0, 0.1) is 0 Å². The van der Waals surface area contributed by atoms with Crippen LogP contribution in [0.5, 0.6) is 0 Å². The van der Waals surface area contributed by atoms with Crippen LogP contribution < -0.4 is 5.32 Å². The second-order valence-corrected chi connectivity index (χ2v) is 1.83. The van der Waals surface area contributed by atoms with Gasteiger partial charge in [0.25, 0.3) is 0 Å². The molecule has 0 aliphatic heterocycles. The first kappa shape index (κ1) is 8.33. The van der Waals surface area contributed by atoms with E-state index < -0.39 is 6.09 Å². The van der Waals surface area contributed by atoms with Gasteiger partial charge in [-0.2, -0.15) is 0 Å². The highest BCUT2D eigenvalue weighted by Crippen LogP contribution is 1.86. The number of carbonyl (C=O) groups is 1.